The number of nitrogens with zero attached hydrogens (tertiary/aromatic N) is 4. The third kappa shape index (κ3) is 2.11. The number of tetrazole rings is 1. The number of carbonyl (C=O) groups is 1. The van der Waals surface area contributed by atoms with Crippen LogP contribution in [0.3, 0.4) is 0 Å². The highest BCUT2D eigenvalue weighted by Gasteiger charge is 2.45. The summed E-state index contributed by atoms with van der Waals surface area (Å²) >= 11 is 0. The molecule has 1 fully saturated rings. The molecule has 0 radical (unpaired) electrons. The van der Waals surface area contributed by atoms with E-state index in [1.165, 1.54) is 0 Å². The lowest BCUT2D eigenvalue weighted by Gasteiger charge is -2.37. The molecule has 1 aromatic rings. The van der Waals surface area contributed by atoms with Gasteiger partial charge in [0.25, 0.3) is 0 Å². The Morgan fingerprint density at radius 3 is 2.56 bits per heavy atom. The van der Waals surface area contributed by atoms with Gasteiger partial charge in [-0.2, -0.15) is 0 Å². The van der Waals surface area contributed by atoms with Gasteiger partial charge in [0.15, 0.2) is 5.82 Å². The van der Waals surface area contributed by atoms with Crippen molar-refractivity contribution in [2.75, 3.05) is 0 Å². The number of carboxylic acids is 1. The lowest BCUT2D eigenvalue weighted by atomic mass is 9.69. The van der Waals surface area contributed by atoms with Crippen molar-refractivity contribution in [1.29, 1.82) is 0 Å². The van der Waals surface area contributed by atoms with Gasteiger partial charge >= 0.3 is 5.97 Å². The standard InChI is InChI=1S/C12H20N4O2/c1-3-9(4-2)10-13-14-15-16(10)8-12(11(17)18)6-5-7-12/h9H,3-8H2,1-2H3,(H,17,18). The van der Waals surface area contributed by atoms with Gasteiger partial charge in [-0.25, -0.2) is 4.68 Å². The molecule has 100 valence electrons. The summed E-state index contributed by atoms with van der Waals surface area (Å²) in [6, 6.07) is 0. The van der Waals surface area contributed by atoms with E-state index in [4.69, 9.17) is 0 Å². The number of hydrogen-bond acceptors (Lipinski definition) is 4. The van der Waals surface area contributed by atoms with E-state index in [0.717, 1.165) is 37.9 Å². The highest BCUT2D eigenvalue weighted by molar-refractivity contribution is 5.75. The van der Waals surface area contributed by atoms with Crippen LogP contribution in [0.4, 0.5) is 0 Å². The minimum Gasteiger partial charge on any atom is -0.481 e. The van der Waals surface area contributed by atoms with Crippen molar-refractivity contribution in [3.8, 4) is 0 Å². The molecule has 0 aromatic carbocycles. The van der Waals surface area contributed by atoms with Gasteiger partial charge in [0, 0.05) is 5.92 Å². The first-order valence-corrected chi connectivity index (χ1v) is 6.62. The summed E-state index contributed by atoms with van der Waals surface area (Å²) in [6.07, 6.45) is 4.37. The second kappa shape index (κ2) is 5.04. The molecule has 6 heteroatoms. The Bertz CT molecular complexity index is 421. The molecule has 1 N–H and O–H groups in total. The average molecular weight is 252 g/mol. The highest BCUT2D eigenvalue weighted by Crippen LogP contribution is 2.42. The Morgan fingerprint density at radius 2 is 2.11 bits per heavy atom. The van der Waals surface area contributed by atoms with Crippen molar-refractivity contribution in [2.45, 2.75) is 58.4 Å². The summed E-state index contributed by atoms with van der Waals surface area (Å²) in [5.41, 5.74) is -0.643. The fourth-order valence-corrected chi connectivity index (χ4v) is 2.60. The summed E-state index contributed by atoms with van der Waals surface area (Å²) in [4.78, 5) is 11.4. The maximum Gasteiger partial charge on any atom is 0.311 e. The normalized spacial score (nSPS) is 17.7. The lowest BCUT2D eigenvalue weighted by Crippen LogP contribution is -2.42. The smallest absolute Gasteiger partial charge is 0.311 e. The van der Waals surface area contributed by atoms with Gasteiger partial charge < -0.3 is 5.11 Å². The van der Waals surface area contributed by atoms with E-state index in [9.17, 15) is 9.90 Å². The van der Waals surface area contributed by atoms with Gasteiger partial charge in [-0.3, -0.25) is 4.79 Å². The Hall–Kier alpha value is -1.46. The summed E-state index contributed by atoms with van der Waals surface area (Å²) in [6.45, 7) is 4.61. The molecule has 0 saturated heterocycles. The van der Waals surface area contributed by atoms with E-state index in [1.54, 1.807) is 4.68 Å². The van der Waals surface area contributed by atoms with Crippen molar-refractivity contribution in [3.05, 3.63) is 5.82 Å². The van der Waals surface area contributed by atoms with Crippen LogP contribution in [0.15, 0.2) is 0 Å². The number of rotatable bonds is 6. The van der Waals surface area contributed by atoms with Gasteiger partial charge in [0.2, 0.25) is 0 Å². The summed E-state index contributed by atoms with van der Waals surface area (Å²) in [5.74, 6) is 0.415. The third-order valence-corrected chi connectivity index (χ3v) is 4.13. The van der Waals surface area contributed by atoms with E-state index in [0.29, 0.717) is 12.5 Å². The monoisotopic (exact) mass is 252 g/mol. The SMILES string of the molecule is CCC(CC)c1nnnn1CC1(C(=O)O)CCC1. The second-order valence-electron chi connectivity index (χ2n) is 5.15. The quantitative estimate of drug-likeness (QED) is 0.835. The van der Waals surface area contributed by atoms with Gasteiger partial charge in [0.05, 0.1) is 12.0 Å². The number of aliphatic carboxylic acids is 1. The second-order valence-corrected chi connectivity index (χ2v) is 5.15. The topological polar surface area (TPSA) is 80.9 Å². The van der Waals surface area contributed by atoms with E-state index >= 15 is 0 Å². The Morgan fingerprint density at radius 1 is 1.44 bits per heavy atom. The Balaban J connectivity index is 2.19. The first kappa shape index (κ1) is 13.0. The van der Waals surface area contributed by atoms with Crippen LogP contribution in [0.1, 0.15) is 57.7 Å². The third-order valence-electron chi connectivity index (χ3n) is 4.13. The predicted molar refractivity (Wildman–Crippen MR) is 65.1 cm³/mol. The molecule has 0 amide bonds. The van der Waals surface area contributed by atoms with E-state index in [-0.39, 0.29) is 0 Å². The van der Waals surface area contributed by atoms with Gasteiger partial charge in [-0.15, -0.1) is 5.10 Å². The van der Waals surface area contributed by atoms with Crippen LogP contribution < -0.4 is 0 Å². The zero-order chi connectivity index (χ0) is 13.2. The minimum atomic E-state index is -0.722. The molecule has 1 aliphatic rings. The largest absolute Gasteiger partial charge is 0.481 e. The summed E-state index contributed by atoms with van der Waals surface area (Å²) in [7, 11) is 0. The number of carboxylic acid groups (broad SMARTS) is 1. The first-order chi connectivity index (χ1) is 8.63. The van der Waals surface area contributed by atoms with Crippen LogP contribution in [0, 0.1) is 5.41 Å². The fourth-order valence-electron chi connectivity index (χ4n) is 2.60. The van der Waals surface area contributed by atoms with E-state index in [1.807, 2.05) is 0 Å². The summed E-state index contributed by atoms with van der Waals surface area (Å²) < 4.78 is 1.70. The van der Waals surface area contributed by atoms with Crippen LogP contribution in [0.5, 0.6) is 0 Å². The van der Waals surface area contributed by atoms with Gasteiger partial charge in [-0.05, 0) is 36.1 Å². The fraction of sp³-hybridized carbons (Fsp3) is 0.833. The van der Waals surface area contributed by atoms with Crippen molar-refractivity contribution in [3.63, 3.8) is 0 Å². The predicted octanol–water partition coefficient (Wildman–Crippen LogP) is 1.83. The molecular weight excluding hydrogens is 232 g/mol. The zero-order valence-corrected chi connectivity index (χ0v) is 11.0. The molecule has 0 spiro atoms. The maximum absolute atomic E-state index is 11.4. The molecular formula is C12H20N4O2. The van der Waals surface area contributed by atoms with Crippen molar-refractivity contribution < 1.29 is 9.90 Å². The highest BCUT2D eigenvalue weighted by atomic mass is 16.4. The first-order valence-electron chi connectivity index (χ1n) is 6.62. The van der Waals surface area contributed by atoms with Crippen LogP contribution in [0.25, 0.3) is 0 Å². The van der Waals surface area contributed by atoms with E-state index in [2.05, 4.69) is 29.4 Å². The van der Waals surface area contributed by atoms with Crippen LogP contribution >= 0.6 is 0 Å². The summed E-state index contributed by atoms with van der Waals surface area (Å²) in [5, 5.41) is 21.1. The Labute approximate surface area is 106 Å². The van der Waals surface area contributed by atoms with Gasteiger partial charge in [-0.1, -0.05) is 20.3 Å². The van der Waals surface area contributed by atoms with Crippen LogP contribution in [-0.2, 0) is 11.3 Å². The lowest BCUT2D eigenvalue weighted by molar-refractivity contribution is -0.156. The number of hydrogen-bond donors (Lipinski definition) is 1. The van der Waals surface area contributed by atoms with Crippen molar-refractivity contribution in [1.82, 2.24) is 20.2 Å². The molecule has 18 heavy (non-hydrogen) atoms. The van der Waals surface area contributed by atoms with Crippen molar-refractivity contribution >= 4 is 5.97 Å². The molecule has 1 aromatic heterocycles. The molecule has 1 aliphatic carbocycles. The molecule has 1 heterocycles. The average Bonchev–Trinajstić information content (AvgIpc) is 2.73. The number of aromatic nitrogens is 4. The molecule has 0 unspecified atom stereocenters. The Kier molecular flexibility index (Phi) is 3.63. The van der Waals surface area contributed by atoms with Gasteiger partial charge in [0.1, 0.15) is 0 Å². The molecule has 0 atom stereocenters. The molecule has 2 rings (SSSR count). The zero-order valence-electron chi connectivity index (χ0n) is 11.0. The molecule has 6 nitrogen and oxygen atoms in total. The molecule has 0 aliphatic heterocycles. The molecule has 0 bridgehead atoms. The molecule has 1 saturated carbocycles. The van der Waals surface area contributed by atoms with Crippen molar-refractivity contribution in [2.24, 2.45) is 5.41 Å². The maximum atomic E-state index is 11.4. The van der Waals surface area contributed by atoms with E-state index < -0.39 is 11.4 Å². The minimum absolute atomic E-state index is 0.311. The van der Waals surface area contributed by atoms with Crippen LogP contribution in [0.2, 0.25) is 0 Å². The van der Waals surface area contributed by atoms with Crippen LogP contribution in [-0.4, -0.2) is 31.3 Å².